The second-order valence-corrected chi connectivity index (χ2v) is 2.12. The highest BCUT2D eigenvalue weighted by atomic mass is 16.3. The summed E-state index contributed by atoms with van der Waals surface area (Å²) < 4.78 is 0. The highest BCUT2D eigenvalue weighted by Gasteiger charge is 1.96. The molecule has 0 saturated heterocycles. The van der Waals surface area contributed by atoms with Crippen LogP contribution in [0, 0.1) is 11.8 Å². The second-order valence-electron chi connectivity index (χ2n) is 2.12. The lowest BCUT2D eigenvalue weighted by atomic mass is 10.3. The van der Waals surface area contributed by atoms with Gasteiger partial charge in [0.25, 0.3) is 0 Å². The van der Waals surface area contributed by atoms with Crippen LogP contribution in [-0.4, -0.2) is 24.3 Å². The van der Waals surface area contributed by atoms with E-state index in [0.29, 0.717) is 13.1 Å². The number of rotatable bonds is 4. The van der Waals surface area contributed by atoms with Crippen molar-refractivity contribution >= 4 is 0 Å². The molecule has 0 aliphatic rings. The Bertz CT molecular complexity index is 123. The molecule has 0 aromatic carbocycles. The molecule has 0 aliphatic heterocycles. The van der Waals surface area contributed by atoms with Crippen LogP contribution in [-0.2, 0) is 0 Å². The number of nitrogens with one attached hydrogen (secondary N) is 1. The Morgan fingerprint density at radius 2 is 2.30 bits per heavy atom. The van der Waals surface area contributed by atoms with Gasteiger partial charge in [0.2, 0.25) is 0 Å². The first kappa shape index (κ1) is 9.48. The van der Waals surface area contributed by atoms with Gasteiger partial charge in [0.1, 0.15) is 0 Å². The Morgan fingerprint density at radius 3 is 2.80 bits per heavy atom. The maximum Gasteiger partial charge on any atom is 0.0662 e. The van der Waals surface area contributed by atoms with E-state index in [-0.39, 0.29) is 6.10 Å². The Balaban J connectivity index is 3.08. The summed E-state index contributed by atoms with van der Waals surface area (Å²) in [5, 5.41) is 12.1. The largest absolute Gasteiger partial charge is 0.392 e. The molecule has 0 amide bonds. The van der Waals surface area contributed by atoms with Crippen molar-refractivity contribution in [1.29, 1.82) is 0 Å². The summed E-state index contributed by atoms with van der Waals surface area (Å²) in [7, 11) is 0. The fourth-order valence-corrected chi connectivity index (χ4v) is 0.534. The highest BCUT2D eigenvalue weighted by molar-refractivity contribution is 4.96. The van der Waals surface area contributed by atoms with Crippen molar-refractivity contribution in [2.45, 2.75) is 26.4 Å². The lowest BCUT2D eigenvalue weighted by molar-refractivity contribution is 0.169. The normalized spacial score (nSPS) is 11.9. The van der Waals surface area contributed by atoms with E-state index in [2.05, 4.69) is 17.2 Å². The number of aliphatic hydroxyl groups is 1. The molecule has 1 atom stereocenters. The first-order valence-electron chi connectivity index (χ1n) is 3.59. The summed E-state index contributed by atoms with van der Waals surface area (Å²) in [4.78, 5) is 0. The monoisotopic (exact) mass is 141 g/mol. The maximum atomic E-state index is 9.05. The molecule has 58 valence electrons. The quantitative estimate of drug-likeness (QED) is 0.438. The summed E-state index contributed by atoms with van der Waals surface area (Å²) >= 11 is 0. The second kappa shape index (κ2) is 6.60. The van der Waals surface area contributed by atoms with E-state index in [0.717, 1.165) is 6.42 Å². The van der Waals surface area contributed by atoms with Gasteiger partial charge in [0, 0.05) is 6.54 Å². The molecule has 0 rings (SSSR count). The summed E-state index contributed by atoms with van der Waals surface area (Å²) in [6.45, 7) is 5.08. The summed E-state index contributed by atoms with van der Waals surface area (Å²) in [5.74, 6) is 5.62. The van der Waals surface area contributed by atoms with Gasteiger partial charge in [-0.25, -0.2) is 0 Å². The van der Waals surface area contributed by atoms with E-state index in [1.54, 1.807) is 6.92 Å². The van der Waals surface area contributed by atoms with Crippen LogP contribution in [0.15, 0.2) is 0 Å². The molecule has 0 aromatic rings. The predicted octanol–water partition coefficient (Wildman–Crippen LogP) is 0.370. The average Bonchev–Trinajstić information content (AvgIpc) is 1.98. The van der Waals surface area contributed by atoms with E-state index < -0.39 is 0 Å². The van der Waals surface area contributed by atoms with Gasteiger partial charge in [-0.1, -0.05) is 12.8 Å². The van der Waals surface area contributed by atoms with Crippen LogP contribution in [0.2, 0.25) is 0 Å². The third-order valence-electron chi connectivity index (χ3n) is 1.24. The minimum atomic E-state index is -0.223. The average molecular weight is 141 g/mol. The van der Waals surface area contributed by atoms with E-state index >= 15 is 0 Å². The molecule has 0 aromatic heterocycles. The molecule has 1 unspecified atom stereocenters. The molecule has 0 radical (unpaired) electrons. The minimum Gasteiger partial charge on any atom is -0.392 e. The molecular formula is C8H15NO. The fraction of sp³-hybridized carbons (Fsp3) is 0.750. The summed E-state index contributed by atoms with van der Waals surface area (Å²) in [6.07, 6.45) is 0.575. The van der Waals surface area contributed by atoms with Crippen molar-refractivity contribution < 1.29 is 5.11 Å². The van der Waals surface area contributed by atoms with E-state index in [1.165, 1.54) is 0 Å². The van der Waals surface area contributed by atoms with Crippen molar-refractivity contribution in [3.05, 3.63) is 0 Å². The Morgan fingerprint density at radius 1 is 1.60 bits per heavy atom. The topological polar surface area (TPSA) is 32.3 Å². The summed E-state index contributed by atoms with van der Waals surface area (Å²) in [6, 6.07) is 0. The van der Waals surface area contributed by atoms with E-state index in [4.69, 9.17) is 5.11 Å². The Hall–Kier alpha value is -0.520. The first-order chi connectivity index (χ1) is 4.81. The Labute approximate surface area is 62.6 Å². The van der Waals surface area contributed by atoms with Crippen molar-refractivity contribution in [2.75, 3.05) is 13.1 Å². The third-order valence-corrected chi connectivity index (χ3v) is 1.24. The molecule has 2 heteroatoms. The van der Waals surface area contributed by atoms with Gasteiger partial charge in [-0.05, 0) is 13.3 Å². The standard InChI is InChI=1S/C8H15NO/c1-3-5-6-9-7-8(10)4-2/h8-10H,4,6-7H2,1-2H3. The zero-order valence-electron chi connectivity index (χ0n) is 6.65. The number of hydrogen-bond acceptors (Lipinski definition) is 2. The summed E-state index contributed by atoms with van der Waals surface area (Å²) in [5.41, 5.74) is 0. The molecule has 2 N–H and O–H groups in total. The SMILES string of the molecule is CC#CCNCC(O)CC. The third kappa shape index (κ3) is 5.61. The van der Waals surface area contributed by atoms with Crippen LogP contribution in [0.25, 0.3) is 0 Å². The molecule has 10 heavy (non-hydrogen) atoms. The predicted molar refractivity (Wildman–Crippen MR) is 42.6 cm³/mol. The molecular weight excluding hydrogens is 126 g/mol. The molecule has 2 nitrogen and oxygen atoms in total. The fourth-order valence-electron chi connectivity index (χ4n) is 0.534. The smallest absolute Gasteiger partial charge is 0.0662 e. The Kier molecular flexibility index (Phi) is 6.25. The molecule has 0 saturated carbocycles. The molecule has 0 bridgehead atoms. The highest BCUT2D eigenvalue weighted by Crippen LogP contribution is 1.84. The lowest BCUT2D eigenvalue weighted by Crippen LogP contribution is -2.26. The van der Waals surface area contributed by atoms with Gasteiger partial charge >= 0.3 is 0 Å². The van der Waals surface area contributed by atoms with Crippen molar-refractivity contribution in [3.8, 4) is 11.8 Å². The van der Waals surface area contributed by atoms with Gasteiger partial charge in [-0.3, -0.25) is 0 Å². The number of aliphatic hydroxyl groups excluding tert-OH is 1. The lowest BCUT2D eigenvalue weighted by Gasteiger charge is -2.05. The zero-order chi connectivity index (χ0) is 7.82. The van der Waals surface area contributed by atoms with Gasteiger partial charge in [0.05, 0.1) is 12.6 Å². The first-order valence-corrected chi connectivity index (χ1v) is 3.59. The van der Waals surface area contributed by atoms with Crippen molar-refractivity contribution in [2.24, 2.45) is 0 Å². The van der Waals surface area contributed by atoms with Crippen LogP contribution < -0.4 is 5.32 Å². The van der Waals surface area contributed by atoms with E-state index in [9.17, 15) is 0 Å². The minimum absolute atomic E-state index is 0.223. The van der Waals surface area contributed by atoms with Crippen LogP contribution in [0.5, 0.6) is 0 Å². The van der Waals surface area contributed by atoms with Crippen LogP contribution >= 0.6 is 0 Å². The van der Waals surface area contributed by atoms with Crippen LogP contribution in [0.4, 0.5) is 0 Å². The van der Waals surface area contributed by atoms with E-state index in [1.807, 2.05) is 6.92 Å². The van der Waals surface area contributed by atoms with Gasteiger partial charge < -0.3 is 10.4 Å². The maximum absolute atomic E-state index is 9.05. The molecule has 0 aliphatic carbocycles. The molecule has 0 fully saturated rings. The number of hydrogen-bond donors (Lipinski definition) is 2. The van der Waals surface area contributed by atoms with Crippen LogP contribution in [0.1, 0.15) is 20.3 Å². The molecule has 0 heterocycles. The van der Waals surface area contributed by atoms with Crippen molar-refractivity contribution in [3.63, 3.8) is 0 Å². The van der Waals surface area contributed by atoms with Crippen molar-refractivity contribution in [1.82, 2.24) is 5.32 Å². The van der Waals surface area contributed by atoms with Crippen LogP contribution in [0.3, 0.4) is 0 Å². The van der Waals surface area contributed by atoms with Gasteiger partial charge in [-0.15, -0.1) is 5.92 Å². The molecule has 0 spiro atoms. The zero-order valence-corrected chi connectivity index (χ0v) is 6.65. The van der Waals surface area contributed by atoms with Gasteiger partial charge in [0.15, 0.2) is 0 Å². The van der Waals surface area contributed by atoms with Gasteiger partial charge in [-0.2, -0.15) is 0 Å².